The van der Waals surface area contributed by atoms with E-state index in [2.05, 4.69) is 0 Å². The predicted octanol–water partition coefficient (Wildman–Crippen LogP) is 2.66. The highest BCUT2D eigenvalue weighted by Crippen LogP contribution is 2.30. The maximum Gasteiger partial charge on any atom is 0.419 e. The molecule has 0 aromatic heterocycles. The largest absolute Gasteiger partial charge is 0.419 e. The first kappa shape index (κ1) is 11.6. The summed E-state index contributed by atoms with van der Waals surface area (Å²) < 4.78 is 47.8. The van der Waals surface area contributed by atoms with Crippen LogP contribution in [0.5, 0.6) is 0 Å². The second-order valence-corrected chi connectivity index (χ2v) is 1.98. The van der Waals surface area contributed by atoms with Crippen LogP contribution in [0.15, 0.2) is 24.3 Å². The molecule has 5 heteroatoms. The molecule has 0 aliphatic carbocycles. The molecule has 0 heterocycles. The van der Waals surface area contributed by atoms with Crippen LogP contribution in [0, 0.1) is 5.82 Å². The molecular formula is C8H6F4O. The number of hydrogen-bond acceptors (Lipinski definition) is 1. The Morgan fingerprint density at radius 3 is 1.85 bits per heavy atom. The van der Waals surface area contributed by atoms with Crippen LogP contribution in [0.1, 0.15) is 5.56 Å². The number of rotatable bonds is 0. The molecule has 0 saturated heterocycles. The van der Waals surface area contributed by atoms with E-state index < -0.39 is 17.6 Å². The summed E-state index contributed by atoms with van der Waals surface area (Å²) >= 11 is 0. The highest BCUT2D eigenvalue weighted by Gasteiger charge is 2.33. The summed E-state index contributed by atoms with van der Waals surface area (Å²) in [7, 11) is 0. The minimum atomic E-state index is -4.59. The van der Waals surface area contributed by atoms with Crippen molar-refractivity contribution in [3.63, 3.8) is 0 Å². The number of alkyl halides is 3. The highest BCUT2D eigenvalue weighted by molar-refractivity contribution is 5.19. The molecule has 0 unspecified atom stereocenters. The lowest BCUT2D eigenvalue weighted by Crippen LogP contribution is -2.07. The monoisotopic (exact) mass is 194 g/mol. The van der Waals surface area contributed by atoms with Crippen molar-refractivity contribution in [3.05, 3.63) is 35.6 Å². The van der Waals surface area contributed by atoms with Crippen LogP contribution < -0.4 is 0 Å². The van der Waals surface area contributed by atoms with Crippen molar-refractivity contribution in [1.29, 1.82) is 0 Å². The fourth-order valence-electron chi connectivity index (χ4n) is 0.691. The fourth-order valence-corrected chi connectivity index (χ4v) is 0.691. The second kappa shape index (κ2) is 4.59. The first-order chi connectivity index (χ1) is 6.02. The van der Waals surface area contributed by atoms with Crippen LogP contribution in [0.4, 0.5) is 17.6 Å². The molecule has 0 aliphatic rings. The third-order valence-electron chi connectivity index (χ3n) is 1.18. The Labute approximate surface area is 72.0 Å². The van der Waals surface area contributed by atoms with Crippen molar-refractivity contribution in [2.24, 2.45) is 0 Å². The number of carbonyl (C=O) groups excluding carboxylic acids is 1. The van der Waals surface area contributed by atoms with Crippen molar-refractivity contribution in [2.75, 3.05) is 0 Å². The van der Waals surface area contributed by atoms with Gasteiger partial charge in [0.1, 0.15) is 12.6 Å². The molecule has 1 aromatic rings. The molecule has 0 saturated carbocycles. The van der Waals surface area contributed by atoms with E-state index in [1.807, 2.05) is 6.79 Å². The molecule has 0 atom stereocenters. The fraction of sp³-hybridized carbons (Fsp3) is 0.125. The Bertz CT molecular complexity index is 269. The van der Waals surface area contributed by atoms with Gasteiger partial charge in [-0.15, -0.1) is 0 Å². The van der Waals surface area contributed by atoms with E-state index in [1.54, 1.807) is 0 Å². The van der Waals surface area contributed by atoms with Crippen LogP contribution in [0.2, 0.25) is 0 Å². The average molecular weight is 194 g/mol. The number of halogens is 4. The SMILES string of the molecule is C=O.Fc1ccccc1C(F)(F)F. The van der Waals surface area contributed by atoms with Crippen molar-refractivity contribution in [1.82, 2.24) is 0 Å². The average Bonchev–Trinajstić information content (AvgIpc) is 2.07. The topological polar surface area (TPSA) is 17.1 Å². The van der Waals surface area contributed by atoms with Gasteiger partial charge in [-0.05, 0) is 12.1 Å². The lowest BCUT2D eigenvalue weighted by atomic mass is 10.2. The van der Waals surface area contributed by atoms with E-state index in [1.165, 1.54) is 6.07 Å². The first-order valence-electron chi connectivity index (χ1n) is 3.12. The Balaban J connectivity index is 0.000000671. The molecule has 0 fully saturated rings. The van der Waals surface area contributed by atoms with E-state index in [-0.39, 0.29) is 0 Å². The van der Waals surface area contributed by atoms with Gasteiger partial charge >= 0.3 is 6.18 Å². The van der Waals surface area contributed by atoms with E-state index in [0.717, 1.165) is 12.1 Å². The van der Waals surface area contributed by atoms with Gasteiger partial charge in [0.2, 0.25) is 0 Å². The van der Waals surface area contributed by atoms with Gasteiger partial charge in [-0.1, -0.05) is 12.1 Å². The Hall–Kier alpha value is -1.39. The molecule has 13 heavy (non-hydrogen) atoms. The molecule has 1 aromatic carbocycles. The lowest BCUT2D eigenvalue weighted by Gasteiger charge is -2.05. The summed E-state index contributed by atoms with van der Waals surface area (Å²) in [4.78, 5) is 8.00. The highest BCUT2D eigenvalue weighted by atomic mass is 19.4. The zero-order chi connectivity index (χ0) is 10.5. The summed E-state index contributed by atoms with van der Waals surface area (Å²) in [6.07, 6.45) is -4.59. The van der Waals surface area contributed by atoms with E-state index in [9.17, 15) is 17.6 Å². The van der Waals surface area contributed by atoms with Crippen molar-refractivity contribution >= 4 is 6.79 Å². The Kier molecular flexibility index (Phi) is 4.10. The molecule has 0 amide bonds. The van der Waals surface area contributed by atoms with Gasteiger partial charge in [0.15, 0.2) is 0 Å². The predicted molar refractivity (Wildman–Crippen MR) is 38.5 cm³/mol. The van der Waals surface area contributed by atoms with Crippen molar-refractivity contribution in [2.45, 2.75) is 6.18 Å². The number of hydrogen-bond donors (Lipinski definition) is 0. The number of carbonyl (C=O) groups is 1. The van der Waals surface area contributed by atoms with Gasteiger partial charge in [0, 0.05) is 0 Å². The first-order valence-corrected chi connectivity index (χ1v) is 3.12. The maximum atomic E-state index is 12.4. The van der Waals surface area contributed by atoms with Crippen molar-refractivity contribution < 1.29 is 22.4 Å². The van der Waals surface area contributed by atoms with Gasteiger partial charge in [-0.25, -0.2) is 4.39 Å². The maximum absolute atomic E-state index is 12.4. The van der Waals surface area contributed by atoms with Gasteiger partial charge in [0.25, 0.3) is 0 Å². The molecule has 0 radical (unpaired) electrons. The zero-order valence-corrected chi connectivity index (χ0v) is 6.44. The molecule has 0 aliphatic heterocycles. The van der Waals surface area contributed by atoms with Gasteiger partial charge in [-0.3, -0.25) is 0 Å². The summed E-state index contributed by atoms with van der Waals surface area (Å²) in [6.45, 7) is 2.00. The zero-order valence-electron chi connectivity index (χ0n) is 6.44. The molecule has 0 spiro atoms. The normalized spacial score (nSPS) is 10.2. The van der Waals surface area contributed by atoms with Crippen LogP contribution in [-0.2, 0) is 11.0 Å². The smallest absolute Gasteiger partial charge is 0.307 e. The van der Waals surface area contributed by atoms with E-state index in [0.29, 0.717) is 6.07 Å². The molecule has 0 bridgehead atoms. The summed E-state index contributed by atoms with van der Waals surface area (Å²) in [5.74, 6) is -1.24. The molecule has 1 rings (SSSR count). The molecule has 72 valence electrons. The minimum Gasteiger partial charge on any atom is -0.307 e. The Morgan fingerprint density at radius 2 is 1.54 bits per heavy atom. The number of benzene rings is 1. The van der Waals surface area contributed by atoms with Crippen LogP contribution in [0.3, 0.4) is 0 Å². The van der Waals surface area contributed by atoms with Gasteiger partial charge < -0.3 is 4.79 Å². The molecule has 1 nitrogen and oxygen atoms in total. The molecular weight excluding hydrogens is 188 g/mol. The van der Waals surface area contributed by atoms with E-state index >= 15 is 0 Å². The van der Waals surface area contributed by atoms with Crippen LogP contribution in [0.25, 0.3) is 0 Å². The minimum absolute atomic E-state index is 0.704. The van der Waals surface area contributed by atoms with Crippen molar-refractivity contribution in [3.8, 4) is 0 Å². The quantitative estimate of drug-likeness (QED) is 0.580. The van der Waals surface area contributed by atoms with Crippen LogP contribution >= 0.6 is 0 Å². The standard InChI is InChI=1S/C7H4F4.CH2O/c8-6-4-2-1-3-5(6)7(9,10)11;1-2/h1-4H;1H2. The van der Waals surface area contributed by atoms with Gasteiger partial charge in [-0.2, -0.15) is 13.2 Å². The third kappa shape index (κ3) is 3.23. The Morgan fingerprint density at radius 1 is 1.08 bits per heavy atom. The summed E-state index contributed by atoms with van der Waals surface area (Å²) in [6, 6.07) is 3.84. The summed E-state index contributed by atoms with van der Waals surface area (Å²) in [5.41, 5.74) is -1.22. The summed E-state index contributed by atoms with van der Waals surface area (Å²) in [5, 5.41) is 0. The van der Waals surface area contributed by atoms with Gasteiger partial charge in [0.05, 0.1) is 5.56 Å². The second-order valence-electron chi connectivity index (χ2n) is 1.98. The van der Waals surface area contributed by atoms with E-state index in [4.69, 9.17) is 4.79 Å². The van der Waals surface area contributed by atoms with Crippen LogP contribution in [-0.4, -0.2) is 6.79 Å². The third-order valence-corrected chi connectivity index (χ3v) is 1.18. The lowest BCUT2D eigenvalue weighted by molar-refractivity contribution is -0.140. The molecule has 0 N–H and O–H groups in total.